The van der Waals surface area contributed by atoms with E-state index >= 15 is 0 Å². The molecule has 0 spiro atoms. The lowest BCUT2D eigenvalue weighted by atomic mass is 9.98. The summed E-state index contributed by atoms with van der Waals surface area (Å²) in [6.45, 7) is 1.52. The highest BCUT2D eigenvalue weighted by Gasteiger charge is 2.28. The highest BCUT2D eigenvalue weighted by molar-refractivity contribution is 9.10. The van der Waals surface area contributed by atoms with Gasteiger partial charge in [0.05, 0.1) is 26.4 Å². The van der Waals surface area contributed by atoms with E-state index in [0.29, 0.717) is 5.15 Å². The second-order valence-corrected chi connectivity index (χ2v) is 9.49. The maximum Gasteiger partial charge on any atom is 0.290 e. The predicted octanol–water partition coefficient (Wildman–Crippen LogP) is 4.84. The number of halogens is 2. The van der Waals surface area contributed by atoms with Crippen molar-refractivity contribution in [1.29, 1.82) is 0 Å². The zero-order chi connectivity index (χ0) is 20.1. The fraction of sp³-hybridized carbons (Fsp3) is 0.333. The summed E-state index contributed by atoms with van der Waals surface area (Å²) in [6, 6.07) is 6.37. The Morgan fingerprint density at radius 3 is 3.00 bits per heavy atom. The predicted molar refractivity (Wildman–Crippen MR) is 121 cm³/mol. The van der Waals surface area contributed by atoms with E-state index in [2.05, 4.69) is 49.1 Å². The van der Waals surface area contributed by atoms with Gasteiger partial charge in [0.2, 0.25) is 0 Å². The van der Waals surface area contributed by atoms with Crippen LogP contribution in [0.3, 0.4) is 0 Å². The third kappa shape index (κ3) is 4.84. The topological polar surface area (TPSA) is 100 Å². The van der Waals surface area contributed by atoms with Crippen LogP contribution in [0.25, 0.3) is 10.2 Å². The number of piperidine rings is 1. The van der Waals surface area contributed by atoms with Crippen molar-refractivity contribution in [2.75, 3.05) is 11.9 Å². The number of aromatic nitrogens is 1. The van der Waals surface area contributed by atoms with Gasteiger partial charge in [-0.3, -0.25) is 4.79 Å². The minimum absolute atomic E-state index is 0.121. The lowest BCUT2D eigenvalue weighted by molar-refractivity contribution is -0.122. The molecule has 6 nitrogen and oxygen atoms in total. The Labute approximate surface area is 184 Å². The van der Waals surface area contributed by atoms with Crippen LogP contribution in [-0.2, 0) is 11.3 Å². The molecule has 0 bridgehead atoms. The molecule has 4 rings (SSSR count). The van der Waals surface area contributed by atoms with E-state index in [1.807, 2.05) is 6.07 Å². The molecule has 28 heavy (non-hydrogen) atoms. The number of rotatable bonds is 4. The van der Waals surface area contributed by atoms with Crippen LogP contribution < -0.4 is 16.4 Å². The number of pyridine rings is 1. The van der Waals surface area contributed by atoms with Crippen molar-refractivity contribution in [2.24, 2.45) is 5.73 Å². The fourth-order valence-electron chi connectivity index (χ4n) is 3.15. The highest BCUT2D eigenvalue weighted by Crippen LogP contribution is 2.43. The first-order valence-corrected chi connectivity index (χ1v) is 11.5. The summed E-state index contributed by atoms with van der Waals surface area (Å²) in [7, 11) is 0. The van der Waals surface area contributed by atoms with E-state index < -0.39 is 0 Å². The third-order valence-corrected chi connectivity index (χ3v) is 7.83. The van der Waals surface area contributed by atoms with E-state index in [0.717, 1.165) is 46.3 Å². The van der Waals surface area contributed by atoms with Crippen LogP contribution in [0.5, 0.6) is 0 Å². The minimum Gasteiger partial charge on any atom is -0.483 e. The standard InChI is InChI=1S/C17H18BrClN4S2.CH2O2/c18-13-15-16(25-17(13)14-10(20)4-1-5-21-14)11(7-12(19)23-15)22-8-9-3-2-6-24-9;2-1-3/h2-3,6-7,10,14,21H,1,4-5,8,20H2,(H,22,23);1H,(H,2,3)/t10-,14-;/m1./s1. The second-order valence-electron chi connectivity index (χ2n) is 6.23. The molecule has 0 saturated carbocycles. The summed E-state index contributed by atoms with van der Waals surface area (Å²) in [5.74, 6) is 0. The first-order valence-electron chi connectivity index (χ1n) is 8.66. The molecule has 3 aromatic rings. The monoisotopic (exact) mass is 502 g/mol. The smallest absolute Gasteiger partial charge is 0.290 e. The molecule has 5 N–H and O–H groups in total. The number of carboxylic acid groups (broad SMARTS) is 1. The highest BCUT2D eigenvalue weighted by atomic mass is 79.9. The van der Waals surface area contributed by atoms with Gasteiger partial charge in [-0.1, -0.05) is 17.7 Å². The van der Waals surface area contributed by atoms with E-state index in [4.69, 9.17) is 27.2 Å². The molecule has 1 saturated heterocycles. The van der Waals surface area contributed by atoms with Crippen molar-refractivity contribution in [2.45, 2.75) is 31.5 Å². The van der Waals surface area contributed by atoms with Gasteiger partial charge in [-0.05, 0) is 46.8 Å². The van der Waals surface area contributed by atoms with Gasteiger partial charge in [0.25, 0.3) is 6.47 Å². The number of nitrogens with two attached hydrogens (primary N) is 1. The molecule has 0 aromatic carbocycles. The lowest BCUT2D eigenvalue weighted by Crippen LogP contribution is -2.42. The van der Waals surface area contributed by atoms with Gasteiger partial charge in [-0.2, -0.15) is 0 Å². The number of thiophene rings is 2. The number of anilines is 1. The Kier molecular flexibility index (Phi) is 7.67. The zero-order valence-electron chi connectivity index (χ0n) is 14.8. The van der Waals surface area contributed by atoms with Crippen LogP contribution in [-0.4, -0.2) is 29.1 Å². The van der Waals surface area contributed by atoms with Crippen LogP contribution in [0.1, 0.15) is 28.6 Å². The lowest BCUT2D eigenvalue weighted by Gasteiger charge is -2.29. The number of hydrogen-bond acceptors (Lipinski definition) is 7. The van der Waals surface area contributed by atoms with Crippen LogP contribution in [0.15, 0.2) is 28.1 Å². The number of nitrogens with zero attached hydrogens (tertiary/aromatic N) is 1. The molecular formula is C18H20BrClN4O2S2. The van der Waals surface area contributed by atoms with Gasteiger partial charge in [-0.15, -0.1) is 22.7 Å². The Morgan fingerprint density at radius 2 is 2.32 bits per heavy atom. The molecule has 150 valence electrons. The Morgan fingerprint density at radius 1 is 1.54 bits per heavy atom. The van der Waals surface area contributed by atoms with Gasteiger partial charge < -0.3 is 21.5 Å². The second kappa shape index (κ2) is 10.00. The van der Waals surface area contributed by atoms with Crippen LogP contribution in [0.2, 0.25) is 5.15 Å². The van der Waals surface area contributed by atoms with Crippen molar-refractivity contribution in [3.8, 4) is 0 Å². The number of carbonyl (C=O) groups is 1. The SMILES string of the molecule is N[C@@H]1CCCN[C@H]1c1sc2c(NCc3cccs3)cc(Cl)nc2c1Br.O=CO. The minimum atomic E-state index is -0.250. The Bertz CT molecular complexity index is 935. The van der Waals surface area contributed by atoms with Crippen molar-refractivity contribution in [3.63, 3.8) is 0 Å². The maximum absolute atomic E-state index is 8.36. The van der Waals surface area contributed by atoms with Crippen molar-refractivity contribution in [1.82, 2.24) is 10.3 Å². The number of nitrogens with one attached hydrogen (secondary N) is 2. The summed E-state index contributed by atoms with van der Waals surface area (Å²) >= 11 is 13.5. The van der Waals surface area contributed by atoms with Gasteiger partial charge >= 0.3 is 0 Å². The molecule has 0 radical (unpaired) electrons. The van der Waals surface area contributed by atoms with Crippen LogP contribution in [0.4, 0.5) is 5.69 Å². The van der Waals surface area contributed by atoms with Crippen molar-refractivity contribution >= 4 is 72.6 Å². The molecule has 0 aliphatic carbocycles. The molecule has 2 atom stereocenters. The van der Waals surface area contributed by atoms with Gasteiger partial charge in [0.1, 0.15) is 5.15 Å². The molecular weight excluding hydrogens is 484 g/mol. The van der Waals surface area contributed by atoms with E-state index in [1.54, 1.807) is 22.7 Å². The van der Waals surface area contributed by atoms with Crippen LogP contribution in [0, 0.1) is 0 Å². The number of fused-ring (bicyclic) bond motifs is 1. The molecule has 0 unspecified atom stereocenters. The zero-order valence-corrected chi connectivity index (χ0v) is 18.8. The molecule has 10 heteroatoms. The van der Waals surface area contributed by atoms with E-state index in [-0.39, 0.29) is 18.6 Å². The van der Waals surface area contributed by atoms with Crippen LogP contribution >= 0.6 is 50.2 Å². The molecule has 1 aliphatic heterocycles. The Hall–Kier alpha value is -1.23. The number of hydrogen-bond donors (Lipinski definition) is 4. The van der Waals surface area contributed by atoms with Crippen molar-refractivity contribution in [3.05, 3.63) is 43.0 Å². The Balaban J connectivity index is 0.000000706. The largest absolute Gasteiger partial charge is 0.483 e. The fourth-order valence-corrected chi connectivity index (χ4v) is 6.18. The van der Waals surface area contributed by atoms with Gasteiger partial charge in [0, 0.05) is 28.4 Å². The molecule has 0 amide bonds. The van der Waals surface area contributed by atoms with Gasteiger partial charge in [0.15, 0.2) is 0 Å². The van der Waals surface area contributed by atoms with Gasteiger partial charge in [-0.25, -0.2) is 4.98 Å². The molecule has 4 heterocycles. The molecule has 1 aliphatic rings. The summed E-state index contributed by atoms with van der Waals surface area (Å²) in [5.41, 5.74) is 8.28. The normalized spacial score (nSPS) is 19.1. The molecule has 1 fully saturated rings. The molecule has 3 aromatic heterocycles. The van der Waals surface area contributed by atoms with E-state index in [1.165, 1.54) is 9.75 Å². The first-order chi connectivity index (χ1) is 13.5. The quantitative estimate of drug-likeness (QED) is 0.300. The summed E-state index contributed by atoms with van der Waals surface area (Å²) < 4.78 is 2.12. The average molecular weight is 504 g/mol. The summed E-state index contributed by atoms with van der Waals surface area (Å²) in [6.07, 6.45) is 2.16. The van der Waals surface area contributed by atoms with Crippen molar-refractivity contribution < 1.29 is 9.90 Å². The maximum atomic E-state index is 8.36. The third-order valence-electron chi connectivity index (χ3n) is 4.40. The summed E-state index contributed by atoms with van der Waals surface area (Å²) in [4.78, 5) is 15.4. The average Bonchev–Trinajstić information content (AvgIpc) is 3.30. The first kappa shape index (κ1) is 21.5. The van der Waals surface area contributed by atoms with E-state index in [9.17, 15) is 0 Å². The summed E-state index contributed by atoms with van der Waals surface area (Å²) in [5, 5.41) is 16.5.